The number of nitrogens with zero attached hydrogens (tertiary/aromatic N) is 2. The second-order valence-electron chi connectivity index (χ2n) is 8.66. The highest BCUT2D eigenvalue weighted by molar-refractivity contribution is 6.08. The van der Waals surface area contributed by atoms with Crippen LogP contribution in [0, 0.1) is 0 Å². The van der Waals surface area contributed by atoms with E-state index in [9.17, 15) is 0 Å². The maximum Gasteiger partial charge on any atom is 0.0701 e. The van der Waals surface area contributed by atoms with Crippen LogP contribution in [0.25, 0.3) is 46.1 Å². The van der Waals surface area contributed by atoms with Crippen LogP contribution in [0.5, 0.6) is 0 Å². The number of ether oxygens (including phenoxy) is 2. The second-order valence-corrected chi connectivity index (χ2v) is 8.66. The van der Waals surface area contributed by atoms with E-state index in [1.807, 2.05) is 24.5 Å². The molecule has 0 bridgehead atoms. The smallest absolute Gasteiger partial charge is 0.0701 e. The Morgan fingerprint density at radius 2 is 1.25 bits per heavy atom. The van der Waals surface area contributed by atoms with Crippen molar-refractivity contribution in [1.29, 1.82) is 0 Å². The van der Waals surface area contributed by atoms with Crippen molar-refractivity contribution in [2.24, 2.45) is 0 Å². The maximum absolute atomic E-state index is 5.74. The quantitative estimate of drug-likeness (QED) is 0.159. The van der Waals surface area contributed by atoms with Gasteiger partial charge < -0.3 is 14.0 Å². The standard InChI is InChI=1S/C32H30N2O2/c1-35-22-23-36-21-20-34-31-5-3-2-4-29(31)30-24-28(14-15-32(30)34)13-12-26-8-6-25(7-9-26)10-11-27-16-18-33-19-17-27/h2-19,24H,20-23H2,1H3/b11-10+,13-12+. The van der Waals surface area contributed by atoms with E-state index in [0.717, 1.165) is 12.1 Å². The fraction of sp³-hybridized carbons (Fsp3) is 0.156. The Hall–Kier alpha value is -3.99. The van der Waals surface area contributed by atoms with Crippen LogP contribution in [0.15, 0.2) is 91.3 Å². The Bertz CT molecular complexity index is 1480. The van der Waals surface area contributed by atoms with E-state index in [1.54, 1.807) is 7.11 Å². The number of fused-ring (bicyclic) bond motifs is 3. The Labute approximate surface area is 212 Å². The Morgan fingerprint density at radius 3 is 1.97 bits per heavy atom. The van der Waals surface area contributed by atoms with E-state index in [-0.39, 0.29) is 0 Å². The number of aromatic nitrogens is 2. The van der Waals surface area contributed by atoms with Crippen molar-refractivity contribution < 1.29 is 9.47 Å². The molecule has 0 amide bonds. The summed E-state index contributed by atoms with van der Waals surface area (Å²) in [6.07, 6.45) is 12.2. The molecule has 0 saturated carbocycles. The van der Waals surface area contributed by atoms with Gasteiger partial charge in [-0.3, -0.25) is 4.98 Å². The van der Waals surface area contributed by atoms with Crippen LogP contribution >= 0.6 is 0 Å². The molecule has 0 aliphatic heterocycles. The average molecular weight is 475 g/mol. The monoisotopic (exact) mass is 474 g/mol. The van der Waals surface area contributed by atoms with Gasteiger partial charge in [0, 0.05) is 47.9 Å². The Balaban J connectivity index is 1.33. The van der Waals surface area contributed by atoms with Gasteiger partial charge in [-0.2, -0.15) is 0 Å². The van der Waals surface area contributed by atoms with Gasteiger partial charge in [-0.15, -0.1) is 0 Å². The van der Waals surface area contributed by atoms with E-state index < -0.39 is 0 Å². The van der Waals surface area contributed by atoms with Crippen molar-refractivity contribution in [3.05, 3.63) is 114 Å². The zero-order chi connectivity index (χ0) is 24.6. The topological polar surface area (TPSA) is 36.3 Å². The molecule has 3 aromatic carbocycles. The van der Waals surface area contributed by atoms with Gasteiger partial charge in [0.2, 0.25) is 0 Å². The van der Waals surface area contributed by atoms with Crippen molar-refractivity contribution in [2.45, 2.75) is 6.54 Å². The third-order valence-corrected chi connectivity index (χ3v) is 6.27. The molecule has 5 aromatic rings. The molecule has 4 nitrogen and oxygen atoms in total. The summed E-state index contributed by atoms with van der Waals surface area (Å²) in [6, 6.07) is 27.9. The van der Waals surface area contributed by atoms with Gasteiger partial charge in [-0.05, 0) is 52.6 Å². The molecule has 0 aliphatic rings. The summed E-state index contributed by atoms with van der Waals surface area (Å²) < 4.78 is 13.2. The summed E-state index contributed by atoms with van der Waals surface area (Å²) in [6.45, 7) is 2.70. The minimum Gasteiger partial charge on any atom is -0.382 e. The van der Waals surface area contributed by atoms with Crippen molar-refractivity contribution in [2.75, 3.05) is 26.9 Å². The van der Waals surface area contributed by atoms with Gasteiger partial charge in [0.25, 0.3) is 0 Å². The first-order valence-electron chi connectivity index (χ1n) is 12.3. The molecule has 0 atom stereocenters. The average Bonchev–Trinajstić information content (AvgIpc) is 3.25. The lowest BCUT2D eigenvalue weighted by Gasteiger charge is -2.08. The molecule has 2 heterocycles. The molecular formula is C32H30N2O2. The minimum atomic E-state index is 0.616. The van der Waals surface area contributed by atoms with Gasteiger partial charge in [0.05, 0.1) is 19.8 Å². The lowest BCUT2D eigenvalue weighted by Crippen LogP contribution is -2.09. The number of benzene rings is 3. The van der Waals surface area contributed by atoms with E-state index in [1.165, 1.54) is 38.5 Å². The summed E-state index contributed by atoms with van der Waals surface area (Å²) in [4.78, 5) is 4.06. The zero-order valence-electron chi connectivity index (χ0n) is 20.5. The van der Waals surface area contributed by atoms with Gasteiger partial charge in [0.1, 0.15) is 0 Å². The van der Waals surface area contributed by atoms with Crippen LogP contribution in [0.3, 0.4) is 0 Å². The molecule has 180 valence electrons. The summed E-state index contributed by atoms with van der Waals surface area (Å²) in [5.41, 5.74) is 7.14. The fourth-order valence-electron chi connectivity index (χ4n) is 4.39. The van der Waals surface area contributed by atoms with E-state index in [0.29, 0.717) is 19.8 Å². The number of hydrogen-bond donors (Lipinski definition) is 0. The number of hydrogen-bond acceptors (Lipinski definition) is 3. The molecular weight excluding hydrogens is 444 g/mol. The first-order chi connectivity index (χ1) is 17.8. The summed E-state index contributed by atoms with van der Waals surface area (Å²) in [5, 5.41) is 2.53. The predicted octanol–water partition coefficient (Wildman–Crippen LogP) is 7.19. The minimum absolute atomic E-state index is 0.616. The molecule has 0 aliphatic carbocycles. The summed E-state index contributed by atoms with van der Waals surface area (Å²) >= 11 is 0. The highest BCUT2D eigenvalue weighted by Crippen LogP contribution is 2.30. The molecule has 0 radical (unpaired) electrons. The molecule has 36 heavy (non-hydrogen) atoms. The van der Waals surface area contributed by atoms with Crippen LogP contribution in [-0.2, 0) is 16.0 Å². The summed E-state index contributed by atoms with van der Waals surface area (Å²) in [5.74, 6) is 0. The fourth-order valence-corrected chi connectivity index (χ4v) is 4.39. The lowest BCUT2D eigenvalue weighted by atomic mass is 10.1. The normalized spacial score (nSPS) is 11.9. The number of para-hydroxylation sites is 1. The largest absolute Gasteiger partial charge is 0.382 e. The van der Waals surface area contributed by atoms with Gasteiger partial charge in [0.15, 0.2) is 0 Å². The van der Waals surface area contributed by atoms with Gasteiger partial charge in [-0.1, -0.05) is 72.8 Å². The van der Waals surface area contributed by atoms with Crippen LogP contribution in [0.2, 0.25) is 0 Å². The van der Waals surface area contributed by atoms with Crippen LogP contribution < -0.4 is 0 Å². The van der Waals surface area contributed by atoms with Crippen molar-refractivity contribution in [3.63, 3.8) is 0 Å². The number of rotatable bonds is 10. The predicted molar refractivity (Wildman–Crippen MR) is 151 cm³/mol. The molecule has 5 rings (SSSR count). The Morgan fingerprint density at radius 1 is 0.639 bits per heavy atom. The first-order valence-corrected chi connectivity index (χ1v) is 12.3. The third kappa shape index (κ3) is 5.62. The van der Waals surface area contributed by atoms with E-state index in [2.05, 4.69) is 101 Å². The molecule has 0 saturated heterocycles. The third-order valence-electron chi connectivity index (χ3n) is 6.27. The number of methoxy groups -OCH3 is 1. The van der Waals surface area contributed by atoms with E-state index in [4.69, 9.17) is 9.47 Å². The van der Waals surface area contributed by atoms with Crippen LogP contribution in [0.1, 0.15) is 22.3 Å². The first kappa shape index (κ1) is 23.7. The zero-order valence-corrected chi connectivity index (χ0v) is 20.5. The highest BCUT2D eigenvalue weighted by Gasteiger charge is 2.10. The molecule has 0 unspecified atom stereocenters. The molecule has 0 N–H and O–H groups in total. The Kier molecular flexibility index (Phi) is 7.67. The van der Waals surface area contributed by atoms with Gasteiger partial charge in [-0.25, -0.2) is 0 Å². The molecule has 2 aromatic heterocycles. The molecule has 4 heteroatoms. The van der Waals surface area contributed by atoms with Crippen LogP contribution in [0.4, 0.5) is 0 Å². The molecule has 0 spiro atoms. The van der Waals surface area contributed by atoms with Crippen molar-refractivity contribution in [3.8, 4) is 0 Å². The van der Waals surface area contributed by atoms with Crippen molar-refractivity contribution in [1.82, 2.24) is 9.55 Å². The SMILES string of the molecule is COCCOCCn1c2ccccc2c2cc(/C=C/c3ccc(/C=C/c4ccncc4)cc3)ccc21. The summed E-state index contributed by atoms with van der Waals surface area (Å²) in [7, 11) is 1.69. The highest BCUT2D eigenvalue weighted by atomic mass is 16.5. The van der Waals surface area contributed by atoms with Gasteiger partial charge >= 0.3 is 0 Å². The maximum atomic E-state index is 5.74. The van der Waals surface area contributed by atoms with E-state index >= 15 is 0 Å². The number of pyridine rings is 1. The van der Waals surface area contributed by atoms with Crippen LogP contribution in [-0.4, -0.2) is 36.5 Å². The lowest BCUT2D eigenvalue weighted by molar-refractivity contribution is 0.0673. The van der Waals surface area contributed by atoms with Crippen molar-refractivity contribution >= 4 is 46.1 Å². The second kappa shape index (κ2) is 11.6. The molecule has 0 fully saturated rings.